The van der Waals surface area contributed by atoms with Crippen molar-refractivity contribution in [2.75, 3.05) is 11.5 Å². The Hall–Kier alpha value is -0.800. The second kappa shape index (κ2) is 10.1. The van der Waals surface area contributed by atoms with Gasteiger partial charge in [0.15, 0.2) is 0 Å². The Bertz CT molecular complexity index is 477. The fourth-order valence-corrected chi connectivity index (χ4v) is 4.17. The summed E-state index contributed by atoms with van der Waals surface area (Å²) >= 11 is 3.72. The van der Waals surface area contributed by atoms with Crippen molar-refractivity contribution in [3.63, 3.8) is 0 Å². The van der Waals surface area contributed by atoms with Gasteiger partial charge in [-0.05, 0) is 45.1 Å². The largest absolute Gasteiger partial charge is 0.507 e. The first-order valence-corrected chi connectivity index (χ1v) is 9.96. The molecule has 0 aromatic heterocycles. The molecule has 22 heavy (non-hydrogen) atoms. The van der Waals surface area contributed by atoms with Gasteiger partial charge in [-0.1, -0.05) is 28.8 Å². The smallest absolute Gasteiger partial charge is 0.123 e. The van der Waals surface area contributed by atoms with Crippen LogP contribution in [0.1, 0.15) is 43.4 Å². The number of benzene rings is 1. The van der Waals surface area contributed by atoms with Crippen molar-refractivity contribution in [2.24, 2.45) is 0 Å². The number of phenols is 1. The van der Waals surface area contributed by atoms with E-state index in [9.17, 15) is 5.11 Å². The summed E-state index contributed by atoms with van der Waals surface area (Å²) in [5.74, 6) is 4.34. The van der Waals surface area contributed by atoms with Gasteiger partial charge in [-0.15, -0.1) is 13.2 Å². The van der Waals surface area contributed by atoms with Gasteiger partial charge < -0.3 is 5.11 Å². The predicted octanol–water partition coefficient (Wildman–Crippen LogP) is 6.10. The van der Waals surface area contributed by atoms with Gasteiger partial charge in [0.1, 0.15) is 5.75 Å². The molecule has 0 saturated heterocycles. The molecule has 0 fully saturated rings. The molecule has 1 rings (SSSR count). The van der Waals surface area contributed by atoms with Crippen LogP contribution in [-0.2, 0) is 11.5 Å². The Morgan fingerprint density at radius 3 is 1.73 bits per heavy atom. The van der Waals surface area contributed by atoms with E-state index >= 15 is 0 Å². The van der Waals surface area contributed by atoms with E-state index in [1.807, 2.05) is 23.5 Å². The molecular formula is C19H28OS2. The number of phenolic OH excluding ortho intramolecular Hbond substituents is 1. The maximum atomic E-state index is 10.5. The van der Waals surface area contributed by atoms with Crippen molar-refractivity contribution in [1.29, 1.82) is 0 Å². The summed E-state index contributed by atoms with van der Waals surface area (Å²) in [5.41, 5.74) is 5.78. The summed E-state index contributed by atoms with van der Waals surface area (Å²) < 4.78 is 0. The Balaban J connectivity index is 2.58. The Kier molecular flexibility index (Phi) is 8.81. The van der Waals surface area contributed by atoms with E-state index in [2.05, 4.69) is 46.1 Å². The minimum absolute atomic E-state index is 0.483. The van der Waals surface area contributed by atoms with Gasteiger partial charge >= 0.3 is 0 Å². The Morgan fingerprint density at radius 1 is 0.955 bits per heavy atom. The maximum absolute atomic E-state index is 10.5. The summed E-state index contributed by atoms with van der Waals surface area (Å²) in [6.07, 6.45) is 2.09. The number of hydrogen-bond acceptors (Lipinski definition) is 3. The molecule has 0 amide bonds. The van der Waals surface area contributed by atoms with Crippen molar-refractivity contribution < 1.29 is 5.11 Å². The van der Waals surface area contributed by atoms with Gasteiger partial charge in [0, 0.05) is 22.6 Å². The highest BCUT2D eigenvalue weighted by Crippen LogP contribution is 2.31. The number of aryl methyl sites for hydroxylation is 1. The zero-order valence-electron chi connectivity index (χ0n) is 14.1. The molecule has 1 aromatic carbocycles. The predicted molar refractivity (Wildman–Crippen MR) is 104 cm³/mol. The number of rotatable bonds is 10. The second-order valence-electron chi connectivity index (χ2n) is 5.95. The second-order valence-corrected chi connectivity index (χ2v) is 8.16. The normalized spacial score (nSPS) is 10.7. The van der Waals surface area contributed by atoms with E-state index in [-0.39, 0.29) is 0 Å². The van der Waals surface area contributed by atoms with Crippen LogP contribution in [0.2, 0.25) is 0 Å². The lowest BCUT2D eigenvalue weighted by atomic mass is 10.1. The quantitative estimate of drug-likeness (QED) is 0.412. The zero-order valence-corrected chi connectivity index (χ0v) is 15.7. The fraction of sp³-hybridized carbons (Fsp3) is 0.474. The van der Waals surface area contributed by atoms with Crippen LogP contribution in [0.3, 0.4) is 0 Å². The first-order chi connectivity index (χ1) is 10.4. The Morgan fingerprint density at radius 2 is 1.36 bits per heavy atom. The lowest BCUT2D eigenvalue weighted by Gasteiger charge is -2.12. The average molecular weight is 337 g/mol. The molecule has 0 spiro atoms. The van der Waals surface area contributed by atoms with Crippen LogP contribution in [0.4, 0.5) is 0 Å². The van der Waals surface area contributed by atoms with Crippen LogP contribution in [-0.4, -0.2) is 16.6 Å². The SMILES string of the molecule is C=C(C)CCSCc1cc(C)cc(CSCCC(=C)C)c1O. The molecule has 0 heterocycles. The molecule has 1 N–H and O–H groups in total. The maximum Gasteiger partial charge on any atom is 0.123 e. The molecule has 1 nitrogen and oxygen atoms in total. The first-order valence-electron chi connectivity index (χ1n) is 7.65. The molecule has 0 unspecified atom stereocenters. The molecule has 0 aliphatic carbocycles. The van der Waals surface area contributed by atoms with Crippen LogP contribution in [0, 0.1) is 6.92 Å². The topological polar surface area (TPSA) is 20.2 Å². The van der Waals surface area contributed by atoms with Crippen LogP contribution >= 0.6 is 23.5 Å². The Labute approximate surface area is 144 Å². The van der Waals surface area contributed by atoms with E-state index in [0.717, 1.165) is 47.0 Å². The lowest BCUT2D eigenvalue weighted by molar-refractivity contribution is 0.465. The van der Waals surface area contributed by atoms with Crippen molar-refractivity contribution in [1.82, 2.24) is 0 Å². The number of allylic oxidation sites excluding steroid dienone is 2. The van der Waals surface area contributed by atoms with E-state index in [0.29, 0.717) is 5.75 Å². The van der Waals surface area contributed by atoms with Gasteiger partial charge in [-0.3, -0.25) is 0 Å². The summed E-state index contributed by atoms with van der Waals surface area (Å²) in [6.45, 7) is 14.1. The van der Waals surface area contributed by atoms with Crippen LogP contribution in [0.15, 0.2) is 36.4 Å². The van der Waals surface area contributed by atoms with Crippen molar-refractivity contribution in [2.45, 2.75) is 45.1 Å². The van der Waals surface area contributed by atoms with Gasteiger partial charge in [0.2, 0.25) is 0 Å². The van der Waals surface area contributed by atoms with Gasteiger partial charge in [-0.25, -0.2) is 0 Å². The standard InChI is InChI=1S/C19H28OS2/c1-14(2)6-8-21-12-17-10-16(5)11-18(19(17)20)13-22-9-7-15(3)4/h10-11,20H,1,3,6-9,12-13H2,2,4-5H3. The molecule has 0 bridgehead atoms. The third-order valence-electron chi connectivity index (χ3n) is 3.27. The first kappa shape index (κ1) is 19.2. The summed E-state index contributed by atoms with van der Waals surface area (Å²) in [6, 6.07) is 4.20. The highest BCUT2D eigenvalue weighted by Gasteiger charge is 2.09. The fourth-order valence-electron chi connectivity index (χ4n) is 2.01. The third kappa shape index (κ3) is 7.46. The highest BCUT2D eigenvalue weighted by atomic mass is 32.2. The van der Waals surface area contributed by atoms with Crippen molar-refractivity contribution in [3.8, 4) is 5.75 Å². The molecule has 122 valence electrons. The highest BCUT2D eigenvalue weighted by molar-refractivity contribution is 7.98. The number of thioether (sulfide) groups is 2. The van der Waals surface area contributed by atoms with Crippen molar-refractivity contribution in [3.05, 3.63) is 53.1 Å². The molecule has 3 heteroatoms. The van der Waals surface area contributed by atoms with Gasteiger partial charge in [0.25, 0.3) is 0 Å². The lowest BCUT2D eigenvalue weighted by Crippen LogP contribution is -1.93. The molecule has 0 aliphatic rings. The van der Waals surface area contributed by atoms with E-state index in [1.54, 1.807) is 0 Å². The number of hydrogen-bond donors (Lipinski definition) is 1. The van der Waals surface area contributed by atoms with Crippen molar-refractivity contribution >= 4 is 23.5 Å². The monoisotopic (exact) mass is 336 g/mol. The molecule has 0 saturated carbocycles. The third-order valence-corrected chi connectivity index (χ3v) is 5.29. The summed E-state index contributed by atoms with van der Waals surface area (Å²) in [4.78, 5) is 0. The molecule has 0 atom stereocenters. The van der Waals surface area contributed by atoms with Gasteiger partial charge in [0.05, 0.1) is 0 Å². The van der Waals surface area contributed by atoms with E-state index in [1.165, 1.54) is 16.7 Å². The van der Waals surface area contributed by atoms with Crippen LogP contribution in [0.5, 0.6) is 5.75 Å². The number of aromatic hydroxyl groups is 1. The summed E-state index contributed by atoms with van der Waals surface area (Å²) in [5, 5.41) is 10.5. The molecular weight excluding hydrogens is 308 g/mol. The van der Waals surface area contributed by atoms with E-state index in [4.69, 9.17) is 0 Å². The molecule has 0 aliphatic heterocycles. The van der Waals surface area contributed by atoms with Crippen LogP contribution in [0.25, 0.3) is 0 Å². The summed E-state index contributed by atoms with van der Waals surface area (Å²) in [7, 11) is 0. The minimum Gasteiger partial charge on any atom is -0.507 e. The minimum atomic E-state index is 0.483. The zero-order chi connectivity index (χ0) is 16.5. The van der Waals surface area contributed by atoms with Crippen LogP contribution < -0.4 is 0 Å². The van der Waals surface area contributed by atoms with Gasteiger partial charge in [-0.2, -0.15) is 23.5 Å². The molecule has 1 aromatic rings. The average Bonchev–Trinajstić information content (AvgIpc) is 2.43. The van der Waals surface area contributed by atoms with E-state index < -0.39 is 0 Å². The molecule has 0 radical (unpaired) electrons.